The summed E-state index contributed by atoms with van der Waals surface area (Å²) in [5, 5.41) is 0. The van der Waals surface area contributed by atoms with E-state index in [2.05, 4.69) is 73.2 Å². The molecule has 2 nitrogen and oxygen atoms in total. The van der Waals surface area contributed by atoms with Gasteiger partial charge in [0, 0.05) is 26.2 Å². The topological polar surface area (TPSA) is 6.48 Å². The molecule has 1 aromatic rings. The lowest BCUT2D eigenvalue weighted by Gasteiger charge is -2.22. The van der Waals surface area contributed by atoms with Gasteiger partial charge in [-0.1, -0.05) is 48.7 Å². The predicted octanol–water partition coefficient (Wildman–Crippen LogP) is 3.76. The fraction of sp³-hybridized carbons (Fsp3) is 0.429. The maximum Gasteiger partial charge on any atom is 0.133 e. The first-order chi connectivity index (χ1) is 9.47. The van der Waals surface area contributed by atoms with Crippen LogP contribution < -0.4 is 0 Å². The average Bonchev–Trinajstić information content (AvgIpc) is 2.42. The molecule has 0 aliphatic heterocycles. The van der Waals surface area contributed by atoms with Crippen LogP contribution in [0.25, 0.3) is 0 Å². The molecule has 0 aliphatic carbocycles. The van der Waals surface area contributed by atoms with Crippen molar-refractivity contribution < 1.29 is 0 Å². The van der Waals surface area contributed by atoms with Gasteiger partial charge in [-0.25, -0.2) is 0 Å². The van der Waals surface area contributed by atoms with Gasteiger partial charge in [0.2, 0.25) is 0 Å². The molecule has 0 spiro atoms. The fourth-order valence-corrected chi connectivity index (χ4v) is 2.63. The van der Waals surface area contributed by atoms with Crippen LogP contribution in [0.1, 0.15) is 25.0 Å². The van der Waals surface area contributed by atoms with Crippen LogP contribution in [0.4, 0.5) is 0 Å². The first kappa shape index (κ1) is 17.8. The Labute approximate surface area is 143 Å². The maximum atomic E-state index is 5.10. The molecule has 0 aromatic heterocycles. The Morgan fingerprint density at radius 2 is 1.15 bits per heavy atom. The Kier molecular flexibility index (Phi) is 7.87. The van der Waals surface area contributed by atoms with E-state index >= 15 is 0 Å². The summed E-state index contributed by atoms with van der Waals surface area (Å²) in [6.45, 7) is 7.46. The summed E-state index contributed by atoms with van der Waals surface area (Å²) in [6, 6.07) is 8.50. The van der Waals surface area contributed by atoms with Crippen LogP contribution >= 0.6 is 49.7 Å². The number of hydrogen-bond donors (Lipinski definition) is 2. The molecule has 0 saturated heterocycles. The van der Waals surface area contributed by atoms with E-state index in [9.17, 15) is 0 Å². The highest BCUT2D eigenvalue weighted by atomic mass is 32.1. The minimum absolute atomic E-state index is 0.633. The minimum Gasteiger partial charge on any atom is -0.354 e. The van der Waals surface area contributed by atoms with Crippen LogP contribution in [0.3, 0.4) is 0 Å². The van der Waals surface area contributed by atoms with Crippen molar-refractivity contribution in [3.05, 3.63) is 35.4 Å². The molecule has 0 heterocycles. The van der Waals surface area contributed by atoms with E-state index in [1.54, 1.807) is 0 Å². The minimum atomic E-state index is 0.633. The summed E-state index contributed by atoms with van der Waals surface area (Å²) in [5.74, 6) is 0. The van der Waals surface area contributed by atoms with Crippen molar-refractivity contribution in [1.29, 1.82) is 0 Å². The molecule has 0 atom stereocenters. The third-order valence-corrected chi connectivity index (χ3v) is 4.16. The van der Waals surface area contributed by atoms with E-state index in [4.69, 9.17) is 24.4 Å². The number of rotatable bonds is 6. The van der Waals surface area contributed by atoms with Gasteiger partial charge < -0.3 is 9.80 Å². The first-order valence-corrected chi connectivity index (χ1v) is 8.22. The molecule has 6 heteroatoms. The summed E-state index contributed by atoms with van der Waals surface area (Å²) in [7, 11) is 0. The largest absolute Gasteiger partial charge is 0.354 e. The maximum absolute atomic E-state index is 5.10. The number of benzene rings is 1. The van der Waals surface area contributed by atoms with Gasteiger partial charge in [-0.3, -0.25) is 0 Å². The van der Waals surface area contributed by atoms with Crippen LogP contribution in [-0.2, 0) is 13.1 Å². The molecule has 110 valence electrons. The highest BCUT2D eigenvalue weighted by Gasteiger charge is 2.07. The van der Waals surface area contributed by atoms with Crippen molar-refractivity contribution in [3.63, 3.8) is 0 Å². The van der Waals surface area contributed by atoms with Gasteiger partial charge in [0.1, 0.15) is 8.64 Å². The summed E-state index contributed by atoms with van der Waals surface area (Å²) < 4.78 is 1.27. The lowest BCUT2D eigenvalue weighted by atomic mass is 10.1. The van der Waals surface area contributed by atoms with Crippen molar-refractivity contribution in [2.24, 2.45) is 0 Å². The average molecular weight is 345 g/mol. The van der Waals surface area contributed by atoms with Gasteiger partial charge in [0.25, 0.3) is 0 Å². The van der Waals surface area contributed by atoms with E-state index < -0.39 is 0 Å². The van der Waals surface area contributed by atoms with Crippen LogP contribution in [0.2, 0.25) is 0 Å². The third kappa shape index (κ3) is 5.60. The summed E-state index contributed by atoms with van der Waals surface area (Å²) in [4.78, 5) is 4.10. The van der Waals surface area contributed by atoms with Crippen molar-refractivity contribution in [1.82, 2.24) is 9.80 Å². The SMILES string of the molecule is CCN(Cc1ccc(CN(CC)C(=S)S)cc1)C(=S)S. The van der Waals surface area contributed by atoms with E-state index in [1.807, 2.05) is 0 Å². The number of thiol groups is 2. The second-order valence-electron chi connectivity index (χ2n) is 4.41. The smallest absolute Gasteiger partial charge is 0.133 e. The molecule has 0 bridgehead atoms. The van der Waals surface area contributed by atoms with E-state index in [1.165, 1.54) is 11.1 Å². The molecular formula is C14H20N2S4. The molecule has 0 radical (unpaired) electrons. The van der Waals surface area contributed by atoms with Crippen LogP contribution in [-0.4, -0.2) is 31.5 Å². The molecule has 0 N–H and O–H groups in total. The Balaban J connectivity index is 2.69. The molecule has 0 amide bonds. The summed E-state index contributed by atoms with van der Waals surface area (Å²) in [6.07, 6.45) is 0. The molecule has 0 unspecified atom stereocenters. The van der Waals surface area contributed by atoms with Gasteiger partial charge in [-0.05, 0) is 25.0 Å². The van der Waals surface area contributed by atoms with Crippen molar-refractivity contribution in [3.8, 4) is 0 Å². The van der Waals surface area contributed by atoms with Gasteiger partial charge in [0.05, 0.1) is 0 Å². The molecular weight excluding hydrogens is 324 g/mol. The van der Waals surface area contributed by atoms with Crippen LogP contribution in [0, 0.1) is 0 Å². The lowest BCUT2D eigenvalue weighted by Crippen LogP contribution is -2.25. The van der Waals surface area contributed by atoms with Gasteiger partial charge >= 0.3 is 0 Å². The predicted molar refractivity (Wildman–Crippen MR) is 102 cm³/mol. The quantitative estimate of drug-likeness (QED) is 0.599. The molecule has 1 rings (SSSR count). The Bertz CT molecular complexity index is 416. The van der Waals surface area contributed by atoms with E-state index in [0.29, 0.717) is 8.64 Å². The van der Waals surface area contributed by atoms with Crippen LogP contribution in [0.15, 0.2) is 24.3 Å². The lowest BCUT2D eigenvalue weighted by molar-refractivity contribution is 0.447. The molecule has 0 saturated carbocycles. The highest BCUT2D eigenvalue weighted by molar-refractivity contribution is 8.11. The normalized spacial score (nSPS) is 10.2. The van der Waals surface area contributed by atoms with Crippen molar-refractivity contribution >= 4 is 58.3 Å². The van der Waals surface area contributed by atoms with Crippen LogP contribution in [0.5, 0.6) is 0 Å². The summed E-state index contributed by atoms with van der Waals surface area (Å²) in [5.41, 5.74) is 2.45. The standard InChI is InChI=1S/C14H20N2S4/c1-3-15(13(17)18)9-11-5-7-12(8-6-11)10-16(4-2)14(19)20/h5-8H,3-4,9-10H2,1-2H3,(H,17,18)(H,19,20). The van der Waals surface area contributed by atoms with Crippen molar-refractivity contribution in [2.75, 3.05) is 13.1 Å². The molecule has 1 aromatic carbocycles. The zero-order valence-corrected chi connectivity index (χ0v) is 15.2. The van der Waals surface area contributed by atoms with E-state index in [0.717, 1.165) is 26.2 Å². The second kappa shape index (κ2) is 8.87. The monoisotopic (exact) mass is 344 g/mol. The zero-order valence-electron chi connectivity index (χ0n) is 11.7. The van der Waals surface area contributed by atoms with Gasteiger partial charge in [-0.15, -0.1) is 25.3 Å². The van der Waals surface area contributed by atoms with Gasteiger partial charge in [0.15, 0.2) is 0 Å². The second-order valence-corrected chi connectivity index (χ2v) is 6.64. The number of hydrogen-bond acceptors (Lipinski definition) is 2. The third-order valence-electron chi connectivity index (χ3n) is 3.07. The van der Waals surface area contributed by atoms with Gasteiger partial charge in [-0.2, -0.15) is 0 Å². The Morgan fingerprint density at radius 3 is 1.35 bits per heavy atom. The zero-order chi connectivity index (χ0) is 15.1. The Morgan fingerprint density at radius 1 is 0.850 bits per heavy atom. The Hall–Kier alpha value is -0.300. The highest BCUT2D eigenvalue weighted by Crippen LogP contribution is 2.12. The molecule has 20 heavy (non-hydrogen) atoms. The summed E-state index contributed by atoms with van der Waals surface area (Å²) >= 11 is 18.7. The molecule has 0 fully saturated rings. The van der Waals surface area contributed by atoms with E-state index in [-0.39, 0.29) is 0 Å². The molecule has 0 aliphatic rings. The number of thiocarbonyl (C=S) groups is 2. The number of nitrogens with zero attached hydrogens (tertiary/aromatic N) is 2. The van der Waals surface area contributed by atoms with Crippen molar-refractivity contribution in [2.45, 2.75) is 26.9 Å². The fourth-order valence-electron chi connectivity index (χ4n) is 1.82. The first-order valence-electron chi connectivity index (χ1n) is 6.51.